The van der Waals surface area contributed by atoms with Crippen LogP contribution in [0.15, 0.2) is 59.6 Å². The van der Waals surface area contributed by atoms with E-state index in [9.17, 15) is 4.79 Å². The number of carbonyl (C=O) groups excluding carboxylic acids is 1. The summed E-state index contributed by atoms with van der Waals surface area (Å²) >= 11 is 1.44. The molecule has 0 spiro atoms. The third-order valence-corrected chi connectivity index (χ3v) is 5.61. The molecule has 1 N–H and O–H groups in total. The average molecular weight is 394 g/mol. The molecule has 146 valence electrons. The molecule has 4 nitrogen and oxygen atoms in total. The Labute approximate surface area is 171 Å². The van der Waals surface area contributed by atoms with E-state index in [1.165, 1.54) is 11.8 Å². The van der Waals surface area contributed by atoms with E-state index >= 15 is 0 Å². The molecule has 1 aromatic heterocycles. The summed E-state index contributed by atoms with van der Waals surface area (Å²) in [6.45, 7) is 6.47. The zero-order valence-corrected chi connectivity index (χ0v) is 17.5. The van der Waals surface area contributed by atoms with Gasteiger partial charge >= 0.3 is 0 Å². The number of hydrogen-bond acceptors (Lipinski definition) is 4. The van der Waals surface area contributed by atoms with Crippen molar-refractivity contribution in [1.82, 2.24) is 15.5 Å². The van der Waals surface area contributed by atoms with Gasteiger partial charge in [0.05, 0.1) is 5.75 Å². The number of rotatable bonds is 8. The topological polar surface area (TPSA) is 54.9 Å². The summed E-state index contributed by atoms with van der Waals surface area (Å²) in [6.07, 6.45) is 2.12. The van der Waals surface area contributed by atoms with Crippen LogP contribution in [0.2, 0.25) is 0 Å². The van der Waals surface area contributed by atoms with Crippen molar-refractivity contribution in [1.29, 1.82) is 0 Å². The molecule has 3 rings (SSSR count). The van der Waals surface area contributed by atoms with Gasteiger partial charge in [-0.3, -0.25) is 4.79 Å². The first kappa shape index (κ1) is 20.3. The van der Waals surface area contributed by atoms with Gasteiger partial charge < -0.3 is 5.32 Å². The molecule has 0 saturated heterocycles. The predicted molar refractivity (Wildman–Crippen MR) is 117 cm³/mol. The number of fused-ring (bicyclic) bond motifs is 1. The minimum atomic E-state index is 0.0410. The van der Waals surface area contributed by atoms with E-state index in [1.54, 1.807) is 0 Å². The molecule has 3 aromatic rings. The summed E-state index contributed by atoms with van der Waals surface area (Å²) in [5, 5.41) is 14.8. The Morgan fingerprint density at radius 2 is 1.61 bits per heavy atom. The van der Waals surface area contributed by atoms with Crippen molar-refractivity contribution < 1.29 is 4.79 Å². The van der Waals surface area contributed by atoms with Crippen molar-refractivity contribution in [3.8, 4) is 11.3 Å². The lowest BCUT2D eigenvalue weighted by atomic mass is 10.0. The Hall–Kier alpha value is -2.40. The SMILES string of the molecule is CC(C)CC[C@H](C)NC(=O)CSc1nnc(-c2ccccc2)c2ccccc12. The van der Waals surface area contributed by atoms with Crippen LogP contribution in [0.3, 0.4) is 0 Å². The molecule has 0 unspecified atom stereocenters. The fourth-order valence-corrected chi connectivity index (χ4v) is 3.88. The van der Waals surface area contributed by atoms with Gasteiger partial charge in [0, 0.05) is 22.4 Å². The van der Waals surface area contributed by atoms with Crippen molar-refractivity contribution in [2.24, 2.45) is 5.92 Å². The van der Waals surface area contributed by atoms with Crippen molar-refractivity contribution in [3.63, 3.8) is 0 Å². The number of nitrogens with zero attached hydrogens (tertiary/aromatic N) is 2. The first-order valence-corrected chi connectivity index (χ1v) is 10.8. The molecule has 5 heteroatoms. The van der Waals surface area contributed by atoms with Gasteiger partial charge in [0.25, 0.3) is 0 Å². The van der Waals surface area contributed by atoms with Crippen LogP contribution in [0.4, 0.5) is 0 Å². The van der Waals surface area contributed by atoms with Gasteiger partial charge in [0.15, 0.2) is 0 Å². The molecule has 1 heterocycles. The second-order valence-corrected chi connectivity index (χ2v) is 8.46. The molecule has 28 heavy (non-hydrogen) atoms. The van der Waals surface area contributed by atoms with Crippen molar-refractivity contribution >= 4 is 28.4 Å². The number of hydrogen-bond donors (Lipinski definition) is 1. The maximum atomic E-state index is 12.3. The van der Waals surface area contributed by atoms with Crippen LogP contribution in [-0.2, 0) is 4.79 Å². The van der Waals surface area contributed by atoms with E-state index in [2.05, 4.69) is 42.4 Å². The van der Waals surface area contributed by atoms with Gasteiger partial charge in [-0.25, -0.2) is 0 Å². The summed E-state index contributed by atoms with van der Waals surface area (Å²) in [6, 6.07) is 18.4. The molecule has 1 amide bonds. The first-order valence-electron chi connectivity index (χ1n) is 9.77. The molecule has 0 aliphatic carbocycles. The lowest BCUT2D eigenvalue weighted by Gasteiger charge is -2.15. The molecule has 2 aromatic carbocycles. The van der Waals surface area contributed by atoms with E-state index < -0.39 is 0 Å². The minimum absolute atomic E-state index is 0.0410. The number of thioether (sulfide) groups is 1. The van der Waals surface area contributed by atoms with Gasteiger partial charge in [-0.05, 0) is 25.7 Å². The highest BCUT2D eigenvalue weighted by Gasteiger charge is 2.13. The van der Waals surface area contributed by atoms with E-state index in [4.69, 9.17) is 0 Å². The van der Waals surface area contributed by atoms with Crippen LogP contribution < -0.4 is 5.32 Å². The summed E-state index contributed by atoms with van der Waals surface area (Å²) in [4.78, 5) is 12.3. The van der Waals surface area contributed by atoms with Gasteiger partial charge in [0.2, 0.25) is 5.91 Å². The summed E-state index contributed by atoms with van der Waals surface area (Å²) in [5.74, 6) is 1.04. The molecular formula is C23H27N3OS. The second-order valence-electron chi connectivity index (χ2n) is 7.49. The number of aromatic nitrogens is 2. The van der Waals surface area contributed by atoms with E-state index in [-0.39, 0.29) is 11.9 Å². The normalized spacial score (nSPS) is 12.3. The lowest BCUT2D eigenvalue weighted by Crippen LogP contribution is -2.34. The fourth-order valence-electron chi connectivity index (χ4n) is 3.10. The molecule has 0 saturated carbocycles. The largest absolute Gasteiger partial charge is 0.353 e. The molecule has 0 bridgehead atoms. The van der Waals surface area contributed by atoms with Crippen LogP contribution in [0, 0.1) is 5.92 Å². The molecule has 0 fully saturated rings. The Kier molecular flexibility index (Phi) is 7.04. The third kappa shape index (κ3) is 5.32. The Morgan fingerprint density at radius 1 is 0.929 bits per heavy atom. The van der Waals surface area contributed by atoms with E-state index in [0.29, 0.717) is 11.7 Å². The summed E-state index contributed by atoms with van der Waals surface area (Å²) in [5.41, 5.74) is 1.91. The lowest BCUT2D eigenvalue weighted by molar-refractivity contribution is -0.119. The van der Waals surface area contributed by atoms with Crippen LogP contribution in [-0.4, -0.2) is 27.9 Å². The maximum absolute atomic E-state index is 12.3. The van der Waals surface area contributed by atoms with Gasteiger partial charge in [-0.15, -0.1) is 10.2 Å². The zero-order chi connectivity index (χ0) is 19.9. The van der Waals surface area contributed by atoms with Crippen LogP contribution in [0.1, 0.15) is 33.6 Å². The highest BCUT2D eigenvalue weighted by molar-refractivity contribution is 8.00. The molecule has 1 atom stereocenters. The zero-order valence-electron chi connectivity index (χ0n) is 16.7. The number of amides is 1. The highest BCUT2D eigenvalue weighted by atomic mass is 32.2. The number of carbonyl (C=O) groups is 1. The summed E-state index contributed by atoms with van der Waals surface area (Å²) in [7, 11) is 0. The van der Waals surface area contributed by atoms with Crippen molar-refractivity contribution in [3.05, 3.63) is 54.6 Å². The smallest absolute Gasteiger partial charge is 0.230 e. The molecule has 0 aliphatic heterocycles. The average Bonchev–Trinajstić information content (AvgIpc) is 2.71. The summed E-state index contributed by atoms with van der Waals surface area (Å²) < 4.78 is 0. The van der Waals surface area contributed by atoms with Crippen molar-refractivity contribution in [2.75, 3.05) is 5.75 Å². The Morgan fingerprint density at radius 3 is 2.32 bits per heavy atom. The number of nitrogens with one attached hydrogen (secondary N) is 1. The fraction of sp³-hybridized carbons (Fsp3) is 0.348. The first-order chi connectivity index (χ1) is 13.5. The molecule has 0 radical (unpaired) electrons. The highest BCUT2D eigenvalue weighted by Crippen LogP contribution is 2.31. The van der Waals surface area contributed by atoms with Gasteiger partial charge in [-0.2, -0.15) is 0 Å². The standard InChI is InChI=1S/C23H27N3OS/c1-16(2)13-14-17(3)24-21(27)15-28-23-20-12-8-7-11-19(20)22(25-26-23)18-9-5-4-6-10-18/h4-12,16-17H,13-15H2,1-3H3,(H,24,27)/t17-/m0/s1. The predicted octanol–water partition coefficient (Wildman–Crippen LogP) is 5.33. The Bertz CT molecular complexity index is 928. The van der Waals surface area contributed by atoms with E-state index in [1.807, 2.05) is 48.5 Å². The number of benzene rings is 2. The van der Waals surface area contributed by atoms with Crippen LogP contribution in [0.25, 0.3) is 22.0 Å². The van der Waals surface area contributed by atoms with Crippen molar-refractivity contribution in [2.45, 2.75) is 44.7 Å². The quantitative estimate of drug-likeness (QED) is 0.526. The van der Waals surface area contributed by atoms with E-state index in [0.717, 1.165) is 39.9 Å². The molecule has 0 aliphatic rings. The maximum Gasteiger partial charge on any atom is 0.230 e. The van der Waals surface area contributed by atoms with Gasteiger partial charge in [0.1, 0.15) is 10.7 Å². The van der Waals surface area contributed by atoms with Crippen LogP contribution >= 0.6 is 11.8 Å². The third-order valence-electron chi connectivity index (χ3n) is 4.63. The Balaban J connectivity index is 1.72. The molecular weight excluding hydrogens is 366 g/mol. The minimum Gasteiger partial charge on any atom is -0.353 e. The van der Waals surface area contributed by atoms with Gasteiger partial charge in [-0.1, -0.05) is 80.2 Å². The monoisotopic (exact) mass is 393 g/mol. The second kappa shape index (κ2) is 9.69. The van der Waals surface area contributed by atoms with Crippen LogP contribution in [0.5, 0.6) is 0 Å².